The molecule has 0 saturated carbocycles. The quantitative estimate of drug-likeness (QED) is 0.292. The maximum absolute atomic E-state index is 15.1. The maximum Gasteiger partial charge on any atom is 0.298 e. The number of carbonyl (C=O) groups excluding carboxylic acids is 2. The van der Waals surface area contributed by atoms with Crippen molar-refractivity contribution in [1.29, 1.82) is 5.26 Å². The summed E-state index contributed by atoms with van der Waals surface area (Å²) in [5.74, 6) is -3.86. The normalized spacial score (nSPS) is 14.8. The molecule has 1 aliphatic heterocycles. The van der Waals surface area contributed by atoms with Crippen LogP contribution in [0.1, 0.15) is 44.5 Å². The average Bonchev–Trinajstić information content (AvgIpc) is 3.42. The Morgan fingerprint density at radius 2 is 1.81 bits per heavy atom. The zero-order valence-electron chi connectivity index (χ0n) is 23.9. The van der Waals surface area contributed by atoms with Crippen LogP contribution in [0, 0.1) is 11.3 Å². The van der Waals surface area contributed by atoms with Gasteiger partial charge >= 0.3 is 0 Å². The molecule has 1 atom stereocenters. The number of halogens is 2. The molecule has 1 aliphatic rings. The first kappa shape index (κ1) is 29.4. The summed E-state index contributed by atoms with van der Waals surface area (Å²) >= 11 is 0. The number of amides is 2. The first-order chi connectivity index (χ1) is 20.6. The van der Waals surface area contributed by atoms with Gasteiger partial charge in [0.25, 0.3) is 17.7 Å². The van der Waals surface area contributed by atoms with Crippen molar-refractivity contribution in [2.75, 3.05) is 37.5 Å². The van der Waals surface area contributed by atoms with Gasteiger partial charge in [0.15, 0.2) is 0 Å². The molecular weight excluding hydrogens is 554 g/mol. The molecule has 220 valence electrons. The maximum atomic E-state index is 15.1. The lowest BCUT2D eigenvalue weighted by atomic mass is 9.99. The SMILES string of the molecule is CC1Cn2ncc(C(=O)Nc3ccc(OCCN(C)C)c(C#N)c3)c2C(=O)N1c1ccc(C(F)(F)c2ccccc2)cc1. The summed E-state index contributed by atoms with van der Waals surface area (Å²) in [6, 6.07) is 19.6. The molecule has 0 fully saturated rings. The zero-order chi connectivity index (χ0) is 30.7. The summed E-state index contributed by atoms with van der Waals surface area (Å²) in [6.07, 6.45) is 1.33. The Balaban J connectivity index is 1.35. The fourth-order valence-electron chi connectivity index (χ4n) is 4.94. The monoisotopic (exact) mass is 584 g/mol. The molecule has 2 amide bonds. The molecule has 0 aliphatic carbocycles. The molecule has 5 rings (SSSR count). The third-order valence-electron chi connectivity index (χ3n) is 7.18. The van der Waals surface area contributed by atoms with Crippen LogP contribution in [-0.4, -0.2) is 59.8 Å². The van der Waals surface area contributed by atoms with Crippen molar-refractivity contribution in [1.82, 2.24) is 14.7 Å². The lowest BCUT2D eigenvalue weighted by Crippen LogP contribution is -2.47. The number of likely N-dealkylation sites (N-methyl/N-ethyl adjacent to an activating group) is 1. The molecule has 9 nitrogen and oxygen atoms in total. The first-order valence-electron chi connectivity index (χ1n) is 13.7. The second-order valence-corrected chi connectivity index (χ2v) is 10.5. The van der Waals surface area contributed by atoms with Crippen molar-refractivity contribution >= 4 is 23.2 Å². The van der Waals surface area contributed by atoms with Gasteiger partial charge in [-0.2, -0.15) is 19.1 Å². The fourth-order valence-corrected chi connectivity index (χ4v) is 4.94. The summed E-state index contributed by atoms with van der Waals surface area (Å²) in [6.45, 7) is 3.18. The number of carbonyl (C=O) groups is 2. The molecule has 1 unspecified atom stereocenters. The largest absolute Gasteiger partial charge is 0.491 e. The molecule has 0 saturated heterocycles. The molecular formula is C32H30F2N6O3. The Labute approximate surface area is 247 Å². The van der Waals surface area contributed by atoms with E-state index in [1.165, 1.54) is 58.2 Å². The first-order valence-corrected chi connectivity index (χ1v) is 13.7. The van der Waals surface area contributed by atoms with Gasteiger partial charge in [-0.15, -0.1) is 0 Å². The molecule has 1 N–H and O–H groups in total. The van der Waals surface area contributed by atoms with Gasteiger partial charge in [0.2, 0.25) is 0 Å². The molecule has 3 aromatic carbocycles. The Kier molecular flexibility index (Phi) is 8.23. The van der Waals surface area contributed by atoms with Crippen molar-refractivity contribution in [3.8, 4) is 11.8 Å². The van der Waals surface area contributed by atoms with Crippen LogP contribution >= 0.6 is 0 Å². The number of hydrogen-bond donors (Lipinski definition) is 1. The topological polar surface area (TPSA) is 103 Å². The van der Waals surface area contributed by atoms with Gasteiger partial charge in [-0.1, -0.05) is 42.5 Å². The fraction of sp³-hybridized carbons (Fsp3) is 0.250. The summed E-state index contributed by atoms with van der Waals surface area (Å²) in [5.41, 5.74) is 0.842. The lowest BCUT2D eigenvalue weighted by Gasteiger charge is -2.34. The summed E-state index contributed by atoms with van der Waals surface area (Å²) in [4.78, 5) is 30.5. The molecule has 43 heavy (non-hydrogen) atoms. The third kappa shape index (κ3) is 5.96. The molecule has 2 heterocycles. The van der Waals surface area contributed by atoms with Gasteiger partial charge in [-0.3, -0.25) is 14.3 Å². The minimum absolute atomic E-state index is 0.0546. The molecule has 11 heteroatoms. The van der Waals surface area contributed by atoms with Crippen LogP contribution in [0.25, 0.3) is 0 Å². The second-order valence-electron chi connectivity index (χ2n) is 10.5. The van der Waals surface area contributed by atoms with Crippen LogP contribution in [0.5, 0.6) is 5.75 Å². The van der Waals surface area contributed by atoms with E-state index < -0.39 is 17.7 Å². The second kappa shape index (κ2) is 12.0. The Morgan fingerprint density at radius 3 is 2.49 bits per heavy atom. The number of hydrogen-bond acceptors (Lipinski definition) is 6. The highest BCUT2D eigenvalue weighted by molar-refractivity contribution is 6.15. The van der Waals surface area contributed by atoms with E-state index in [0.29, 0.717) is 36.8 Å². The van der Waals surface area contributed by atoms with Gasteiger partial charge in [0.05, 0.1) is 29.9 Å². The van der Waals surface area contributed by atoms with Gasteiger partial charge in [0, 0.05) is 29.0 Å². The van der Waals surface area contributed by atoms with Crippen LogP contribution in [0.15, 0.2) is 79.0 Å². The Hall–Kier alpha value is -5.08. The molecule has 0 radical (unpaired) electrons. The van der Waals surface area contributed by atoms with E-state index in [1.54, 1.807) is 30.3 Å². The number of nitrogens with zero attached hydrogens (tertiary/aromatic N) is 5. The number of nitriles is 1. The Morgan fingerprint density at radius 1 is 1.12 bits per heavy atom. The average molecular weight is 585 g/mol. The highest BCUT2D eigenvalue weighted by atomic mass is 19.3. The predicted molar refractivity (Wildman–Crippen MR) is 158 cm³/mol. The van der Waals surface area contributed by atoms with Crippen molar-refractivity contribution in [3.05, 3.63) is 107 Å². The minimum atomic E-state index is -3.21. The molecule has 0 bridgehead atoms. The van der Waals surface area contributed by atoms with Crippen molar-refractivity contribution in [3.63, 3.8) is 0 Å². The predicted octanol–water partition coefficient (Wildman–Crippen LogP) is 5.14. The molecule has 4 aromatic rings. The van der Waals surface area contributed by atoms with Crippen LogP contribution in [-0.2, 0) is 12.5 Å². The highest BCUT2D eigenvalue weighted by Gasteiger charge is 2.37. The van der Waals surface area contributed by atoms with Gasteiger partial charge in [-0.25, -0.2) is 0 Å². The number of anilines is 2. The number of nitrogens with one attached hydrogen (secondary N) is 1. The van der Waals surface area contributed by atoms with E-state index in [9.17, 15) is 14.9 Å². The number of ether oxygens (including phenoxy) is 1. The van der Waals surface area contributed by atoms with Crippen LogP contribution in [0.2, 0.25) is 0 Å². The van der Waals surface area contributed by atoms with E-state index in [0.717, 1.165) is 0 Å². The van der Waals surface area contributed by atoms with Gasteiger partial charge in [-0.05, 0) is 51.4 Å². The van der Waals surface area contributed by atoms with E-state index in [4.69, 9.17) is 4.74 Å². The standard InChI is InChI=1S/C32H30F2N6O3/c1-21-20-39-29(31(42)40(21)26-12-9-24(10-13-26)32(33,34)23-7-5-4-6-8-23)27(19-36-39)30(41)37-25-11-14-28(22(17-25)18-35)43-16-15-38(2)3/h4-14,17,19,21H,15-16,20H2,1-3H3,(H,37,41). The smallest absolute Gasteiger partial charge is 0.298 e. The van der Waals surface area contributed by atoms with Crippen molar-refractivity contribution < 1.29 is 23.1 Å². The third-order valence-corrected chi connectivity index (χ3v) is 7.18. The minimum Gasteiger partial charge on any atom is -0.491 e. The van der Waals surface area contributed by atoms with Crippen molar-refractivity contribution in [2.45, 2.75) is 25.4 Å². The van der Waals surface area contributed by atoms with E-state index in [-0.39, 0.29) is 34.0 Å². The summed E-state index contributed by atoms with van der Waals surface area (Å²) in [5, 5.41) is 16.6. The van der Waals surface area contributed by atoms with Gasteiger partial charge < -0.3 is 19.9 Å². The van der Waals surface area contributed by atoms with Crippen LogP contribution in [0.4, 0.5) is 20.2 Å². The number of aromatic nitrogens is 2. The molecule has 1 aromatic heterocycles. The summed E-state index contributed by atoms with van der Waals surface area (Å²) in [7, 11) is 3.83. The van der Waals surface area contributed by atoms with E-state index in [2.05, 4.69) is 16.5 Å². The zero-order valence-corrected chi connectivity index (χ0v) is 23.9. The highest BCUT2D eigenvalue weighted by Crippen LogP contribution is 2.37. The number of fused-ring (bicyclic) bond motifs is 1. The van der Waals surface area contributed by atoms with E-state index >= 15 is 8.78 Å². The Bertz CT molecular complexity index is 1680. The van der Waals surface area contributed by atoms with Gasteiger partial charge in [0.1, 0.15) is 24.1 Å². The van der Waals surface area contributed by atoms with Crippen molar-refractivity contribution in [2.24, 2.45) is 0 Å². The number of rotatable bonds is 9. The molecule has 0 spiro atoms. The van der Waals surface area contributed by atoms with Crippen LogP contribution in [0.3, 0.4) is 0 Å². The lowest BCUT2D eigenvalue weighted by molar-refractivity contribution is 0.0428. The van der Waals surface area contributed by atoms with E-state index in [1.807, 2.05) is 25.9 Å². The number of benzene rings is 3. The van der Waals surface area contributed by atoms with Crippen LogP contribution < -0.4 is 15.0 Å². The summed E-state index contributed by atoms with van der Waals surface area (Å²) < 4.78 is 37.3. The number of alkyl halides is 2.